The Morgan fingerprint density at radius 1 is 1.59 bits per heavy atom. The SMILES string of the molecule is Nc1cc(C(=O)N2CCNC(=O)C2)c(Br)cn1. The van der Waals surface area contributed by atoms with Crippen molar-refractivity contribution in [3.05, 3.63) is 22.3 Å². The first kappa shape index (κ1) is 11.8. The molecule has 7 heteroatoms. The lowest BCUT2D eigenvalue weighted by atomic mass is 10.2. The quantitative estimate of drug-likeness (QED) is 0.764. The van der Waals surface area contributed by atoms with Gasteiger partial charge in [0.2, 0.25) is 5.91 Å². The highest BCUT2D eigenvalue weighted by atomic mass is 79.9. The number of hydrogen-bond donors (Lipinski definition) is 2. The molecule has 1 aliphatic heterocycles. The van der Waals surface area contributed by atoms with E-state index in [-0.39, 0.29) is 24.2 Å². The molecule has 0 bridgehead atoms. The molecule has 2 rings (SSSR count). The smallest absolute Gasteiger partial charge is 0.255 e. The van der Waals surface area contributed by atoms with Gasteiger partial charge in [-0.15, -0.1) is 0 Å². The number of anilines is 1. The topological polar surface area (TPSA) is 88.3 Å². The van der Waals surface area contributed by atoms with E-state index in [4.69, 9.17) is 5.73 Å². The Morgan fingerprint density at radius 3 is 3.06 bits per heavy atom. The molecule has 0 spiro atoms. The maximum Gasteiger partial charge on any atom is 0.255 e. The van der Waals surface area contributed by atoms with Crippen molar-refractivity contribution in [1.82, 2.24) is 15.2 Å². The number of carbonyl (C=O) groups excluding carboxylic acids is 2. The van der Waals surface area contributed by atoms with E-state index in [0.717, 1.165) is 0 Å². The Hall–Kier alpha value is -1.63. The first-order chi connectivity index (χ1) is 8.08. The summed E-state index contributed by atoms with van der Waals surface area (Å²) in [5.74, 6) is -0.0958. The molecule has 17 heavy (non-hydrogen) atoms. The number of amides is 2. The van der Waals surface area contributed by atoms with Gasteiger partial charge in [-0.1, -0.05) is 0 Å². The first-order valence-electron chi connectivity index (χ1n) is 5.05. The minimum atomic E-state index is -0.221. The fourth-order valence-electron chi connectivity index (χ4n) is 1.60. The van der Waals surface area contributed by atoms with Crippen LogP contribution in [0.3, 0.4) is 0 Å². The zero-order valence-corrected chi connectivity index (χ0v) is 10.5. The number of piperazine rings is 1. The first-order valence-corrected chi connectivity index (χ1v) is 5.84. The van der Waals surface area contributed by atoms with E-state index >= 15 is 0 Å². The summed E-state index contributed by atoms with van der Waals surface area (Å²) in [6.45, 7) is 1.05. The molecular formula is C10H11BrN4O2. The predicted octanol–water partition coefficient (Wildman–Crippen LogP) is -0.00170. The number of nitrogens with one attached hydrogen (secondary N) is 1. The summed E-state index contributed by atoms with van der Waals surface area (Å²) >= 11 is 3.25. The molecule has 0 radical (unpaired) electrons. The van der Waals surface area contributed by atoms with Gasteiger partial charge in [-0.05, 0) is 22.0 Å². The number of nitrogens with two attached hydrogens (primary N) is 1. The van der Waals surface area contributed by atoms with Crippen LogP contribution in [0.1, 0.15) is 10.4 Å². The van der Waals surface area contributed by atoms with Crippen LogP contribution < -0.4 is 11.1 Å². The molecule has 90 valence electrons. The summed E-state index contributed by atoms with van der Waals surface area (Å²) in [6, 6.07) is 1.50. The third kappa shape index (κ3) is 2.55. The van der Waals surface area contributed by atoms with E-state index in [1.165, 1.54) is 17.2 Å². The second-order valence-corrected chi connectivity index (χ2v) is 4.52. The fourth-order valence-corrected chi connectivity index (χ4v) is 1.99. The van der Waals surface area contributed by atoms with E-state index in [0.29, 0.717) is 23.1 Å². The molecule has 0 unspecified atom stereocenters. The van der Waals surface area contributed by atoms with Gasteiger partial charge in [0.15, 0.2) is 0 Å². The molecule has 1 saturated heterocycles. The lowest BCUT2D eigenvalue weighted by Gasteiger charge is -2.27. The average Bonchev–Trinajstić information content (AvgIpc) is 2.31. The maximum atomic E-state index is 12.2. The predicted molar refractivity (Wildman–Crippen MR) is 65.3 cm³/mol. The number of carbonyl (C=O) groups is 2. The second-order valence-electron chi connectivity index (χ2n) is 3.67. The summed E-state index contributed by atoms with van der Waals surface area (Å²) in [4.78, 5) is 28.7. The second kappa shape index (κ2) is 4.70. The molecule has 2 amide bonds. The van der Waals surface area contributed by atoms with E-state index in [1.54, 1.807) is 0 Å². The summed E-state index contributed by atoms with van der Waals surface area (Å²) < 4.78 is 0.572. The number of nitrogens with zero attached hydrogens (tertiary/aromatic N) is 2. The monoisotopic (exact) mass is 298 g/mol. The van der Waals surface area contributed by atoms with E-state index in [9.17, 15) is 9.59 Å². The van der Waals surface area contributed by atoms with Crippen LogP contribution in [0.2, 0.25) is 0 Å². The number of nitrogen functional groups attached to an aromatic ring is 1. The van der Waals surface area contributed by atoms with Gasteiger partial charge < -0.3 is 16.0 Å². The van der Waals surface area contributed by atoms with Crippen LogP contribution >= 0.6 is 15.9 Å². The van der Waals surface area contributed by atoms with Gasteiger partial charge in [-0.2, -0.15) is 0 Å². The van der Waals surface area contributed by atoms with Crippen molar-refractivity contribution < 1.29 is 9.59 Å². The third-order valence-corrected chi connectivity index (χ3v) is 3.06. The highest BCUT2D eigenvalue weighted by molar-refractivity contribution is 9.10. The van der Waals surface area contributed by atoms with Gasteiger partial charge in [-0.3, -0.25) is 9.59 Å². The van der Waals surface area contributed by atoms with E-state index in [2.05, 4.69) is 26.2 Å². The van der Waals surface area contributed by atoms with E-state index in [1.807, 2.05) is 0 Å². The largest absolute Gasteiger partial charge is 0.384 e. The number of halogens is 1. The molecule has 2 heterocycles. The van der Waals surface area contributed by atoms with Crippen molar-refractivity contribution in [2.75, 3.05) is 25.4 Å². The fraction of sp³-hybridized carbons (Fsp3) is 0.300. The van der Waals surface area contributed by atoms with Crippen molar-refractivity contribution >= 4 is 33.6 Å². The normalized spacial score (nSPS) is 15.6. The molecule has 1 aliphatic rings. The van der Waals surface area contributed by atoms with Gasteiger partial charge in [0.05, 0.1) is 12.1 Å². The molecule has 3 N–H and O–H groups in total. The van der Waals surface area contributed by atoms with Gasteiger partial charge >= 0.3 is 0 Å². The molecule has 1 aromatic rings. The molecule has 6 nitrogen and oxygen atoms in total. The Balaban J connectivity index is 2.24. The minimum absolute atomic E-state index is 0.0769. The van der Waals surface area contributed by atoms with Crippen molar-refractivity contribution in [2.24, 2.45) is 0 Å². The summed E-state index contributed by atoms with van der Waals surface area (Å²) in [5.41, 5.74) is 5.96. The van der Waals surface area contributed by atoms with Crippen LogP contribution in [-0.4, -0.2) is 41.3 Å². The standard InChI is InChI=1S/C10H11BrN4O2/c11-7-4-14-8(12)3-6(7)10(17)15-2-1-13-9(16)5-15/h3-4H,1-2,5H2,(H2,12,14)(H,13,16). The Morgan fingerprint density at radius 2 is 2.35 bits per heavy atom. The minimum Gasteiger partial charge on any atom is -0.384 e. The van der Waals surface area contributed by atoms with Crippen LogP contribution in [0, 0.1) is 0 Å². The Labute approximate surface area is 106 Å². The lowest BCUT2D eigenvalue weighted by Crippen LogP contribution is -2.50. The molecular weight excluding hydrogens is 288 g/mol. The Kier molecular flexibility index (Phi) is 3.28. The van der Waals surface area contributed by atoms with Crippen LogP contribution in [-0.2, 0) is 4.79 Å². The van der Waals surface area contributed by atoms with Crippen molar-refractivity contribution in [3.63, 3.8) is 0 Å². The number of pyridine rings is 1. The molecule has 1 aromatic heterocycles. The van der Waals surface area contributed by atoms with Gasteiger partial charge in [-0.25, -0.2) is 4.98 Å². The van der Waals surface area contributed by atoms with Gasteiger partial charge in [0.25, 0.3) is 5.91 Å². The van der Waals surface area contributed by atoms with Crippen LogP contribution in [0.15, 0.2) is 16.7 Å². The van der Waals surface area contributed by atoms with Crippen LogP contribution in [0.4, 0.5) is 5.82 Å². The molecule has 0 saturated carbocycles. The van der Waals surface area contributed by atoms with Crippen molar-refractivity contribution in [1.29, 1.82) is 0 Å². The Bertz CT molecular complexity index is 477. The number of hydrogen-bond acceptors (Lipinski definition) is 4. The summed E-state index contributed by atoms with van der Waals surface area (Å²) in [5, 5.41) is 2.66. The van der Waals surface area contributed by atoms with Crippen molar-refractivity contribution in [3.8, 4) is 0 Å². The highest BCUT2D eigenvalue weighted by Gasteiger charge is 2.23. The van der Waals surface area contributed by atoms with Crippen LogP contribution in [0.25, 0.3) is 0 Å². The van der Waals surface area contributed by atoms with Gasteiger partial charge in [0, 0.05) is 23.8 Å². The third-order valence-electron chi connectivity index (χ3n) is 2.43. The lowest BCUT2D eigenvalue weighted by molar-refractivity contribution is -0.123. The number of rotatable bonds is 1. The van der Waals surface area contributed by atoms with E-state index < -0.39 is 0 Å². The molecule has 0 atom stereocenters. The number of aromatic nitrogens is 1. The highest BCUT2D eigenvalue weighted by Crippen LogP contribution is 2.19. The molecule has 0 aromatic carbocycles. The zero-order chi connectivity index (χ0) is 12.4. The van der Waals surface area contributed by atoms with Crippen LogP contribution in [0.5, 0.6) is 0 Å². The average molecular weight is 299 g/mol. The molecule has 1 fully saturated rings. The summed E-state index contributed by atoms with van der Waals surface area (Å²) in [7, 11) is 0. The zero-order valence-electron chi connectivity index (χ0n) is 8.94. The van der Waals surface area contributed by atoms with Gasteiger partial charge in [0.1, 0.15) is 5.82 Å². The molecule has 0 aliphatic carbocycles. The van der Waals surface area contributed by atoms with Crippen molar-refractivity contribution in [2.45, 2.75) is 0 Å². The maximum absolute atomic E-state index is 12.2. The summed E-state index contributed by atoms with van der Waals surface area (Å²) in [6.07, 6.45) is 1.48.